The highest BCUT2D eigenvalue weighted by Crippen LogP contribution is 2.05. The molecule has 0 aliphatic carbocycles. The van der Waals surface area contributed by atoms with Gasteiger partial charge in [0.25, 0.3) is 0 Å². The molecule has 5 nitrogen and oxygen atoms in total. The van der Waals surface area contributed by atoms with Crippen LogP contribution in [0.5, 0.6) is 0 Å². The minimum absolute atomic E-state index is 0.00660. The summed E-state index contributed by atoms with van der Waals surface area (Å²) in [5, 5.41) is 14.1. The molecule has 0 aromatic rings. The number of aliphatic hydroxyl groups excluding tert-OH is 1. The van der Waals surface area contributed by atoms with Gasteiger partial charge >= 0.3 is 0 Å². The maximum Gasteiger partial charge on any atom is 0.155 e. The zero-order valence-electron chi connectivity index (χ0n) is 6.09. The van der Waals surface area contributed by atoms with Crippen LogP contribution in [-0.2, 0) is 0 Å². The third kappa shape index (κ3) is 2.86. The van der Waals surface area contributed by atoms with Crippen molar-refractivity contribution in [2.24, 2.45) is 5.10 Å². The van der Waals surface area contributed by atoms with Crippen molar-refractivity contribution < 1.29 is 5.11 Å². The first-order valence-corrected chi connectivity index (χ1v) is 4.00. The van der Waals surface area contributed by atoms with E-state index in [1.165, 1.54) is 11.3 Å². The van der Waals surface area contributed by atoms with Crippen LogP contribution in [0.4, 0.5) is 0 Å². The van der Waals surface area contributed by atoms with Gasteiger partial charge in [-0.3, -0.25) is 5.43 Å². The van der Waals surface area contributed by atoms with E-state index in [2.05, 4.69) is 16.0 Å². The Morgan fingerprint density at radius 2 is 2.42 bits per heavy atom. The van der Waals surface area contributed by atoms with Gasteiger partial charge in [0, 0.05) is 12.6 Å². The molecule has 1 aliphatic heterocycles. The highest BCUT2D eigenvalue weighted by atomic mass is 35.5. The van der Waals surface area contributed by atoms with Crippen LogP contribution in [0.1, 0.15) is 0 Å². The van der Waals surface area contributed by atoms with Crippen molar-refractivity contribution in [3.05, 3.63) is 11.2 Å². The second-order valence-corrected chi connectivity index (χ2v) is 2.76. The number of allylic oxidation sites excluding steroid dienone is 1. The summed E-state index contributed by atoms with van der Waals surface area (Å²) in [7, 11) is 0. The molecule has 1 heterocycles. The van der Waals surface area contributed by atoms with Gasteiger partial charge in [0.1, 0.15) is 5.16 Å². The van der Waals surface area contributed by atoms with Gasteiger partial charge < -0.3 is 5.11 Å². The minimum Gasteiger partial charge on any atom is -0.395 e. The van der Waals surface area contributed by atoms with Crippen molar-refractivity contribution in [2.45, 2.75) is 0 Å². The maximum absolute atomic E-state index is 8.48. The molecule has 0 unspecified atom stereocenters. The number of hydrogen-bond donors (Lipinski definition) is 3. The lowest BCUT2D eigenvalue weighted by Crippen LogP contribution is -2.46. The molecule has 0 saturated carbocycles. The lowest BCUT2D eigenvalue weighted by atomic mass is 10.6. The fraction of sp³-hybridized carbons (Fsp3) is 0.400. The van der Waals surface area contributed by atoms with Crippen LogP contribution in [0, 0.1) is 0 Å². The van der Waals surface area contributed by atoms with Gasteiger partial charge in [-0.1, -0.05) is 23.2 Å². The van der Waals surface area contributed by atoms with E-state index in [9.17, 15) is 0 Å². The smallest absolute Gasteiger partial charge is 0.155 e. The lowest BCUT2D eigenvalue weighted by molar-refractivity contribution is 0.126. The van der Waals surface area contributed by atoms with Crippen molar-refractivity contribution in [1.29, 1.82) is 0 Å². The Labute approximate surface area is 79.6 Å². The summed E-state index contributed by atoms with van der Waals surface area (Å²) >= 11 is 11.2. The van der Waals surface area contributed by atoms with Gasteiger partial charge in [-0.05, 0) is 0 Å². The third-order valence-corrected chi connectivity index (χ3v) is 1.41. The zero-order chi connectivity index (χ0) is 8.97. The van der Waals surface area contributed by atoms with E-state index in [-0.39, 0.29) is 11.8 Å². The van der Waals surface area contributed by atoms with Crippen LogP contribution < -0.4 is 10.9 Å². The van der Waals surface area contributed by atoms with Gasteiger partial charge in [-0.15, -0.1) is 10.3 Å². The number of rotatable bonds is 3. The molecule has 3 N–H and O–H groups in total. The molecule has 0 amide bonds. The molecule has 0 saturated heterocycles. The van der Waals surface area contributed by atoms with Crippen LogP contribution in [0.15, 0.2) is 16.3 Å². The number of hydrazine groups is 2. The Morgan fingerprint density at radius 3 is 3.00 bits per heavy atom. The number of halogens is 2. The Bertz CT molecular complexity index is 217. The second kappa shape index (κ2) is 4.51. The first-order chi connectivity index (χ1) is 5.72. The monoisotopic (exact) mass is 210 g/mol. The van der Waals surface area contributed by atoms with Crippen molar-refractivity contribution in [1.82, 2.24) is 16.1 Å². The molecular weight excluding hydrogens is 203 g/mol. The van der Waals surface area contributed by atoms with Gasteiger partial charge in [0.2, 0.25) is 0 Å². The van der Waals surface area contributed by atoms with E-state index in [0.29, 0.717) is 11.7 Å². The SMILES string of the molecule is OCCNN1N=C(Cl)C=C(Cl)N1. The number of nitrogens with zero attached hydrogens (tertiary/aromatic N) is 2. The van der Waals surface area contributed by atoms with Crippen molar-refractivity contribution in [3.63, 3.8) is 0 Å². The molecule has 0 bridgehead atoms. The van der Waals surface area contributed by atoms with Gasteiger partial charge in [-0.25, -0.2) is 0 Å². The Morgan fingerprint density at radius 1 is 1.67 bits per heavy atom. The molecule has 1 aliphatic rings. The number of nitrogens with one attached hydrogen (secondary N) is 2. The largest absolute Gasteiger partial charge is 0.395 e. The molecule has 7 heteroatoms. The molecule has 0 fully saturated rings. The van der Waals surface area contributed by atoms with Crippen molar-refractivity contribution in [2.75, 3.05) is 13.2 Å². The van der Waals surface area contributed by atoms with Crippen molar-refractivity contribution in [3.8, 4) is 0 Å². The second-order valence-electron chi connectivity index (χ2n) is 1.97. The summed E-state index contributed by atoms with van der Waals surface area (Å²) in [5.74, 6) is 0. The molecule has 1 rings (SSSR count). The standard InChI is InChI=1S/C5H8Cl2N4O/c6-4-3-5(7)10-11(9-4)8-1-2-12/h3,8-9,12H,1-2H2. The molecule has 0 atom stereocenters. The van der Waals surface area contributed by atoms with E-state index in [4.69, 9.17) is 28.3 Å². The Hall–Kier alpha value is -0.490. The fourth-order valence-electron chi connectivity index (χ4n) is 0.618. The normalized spacial score (nSPS) is 16.8. The summed E-state index contributed by atoms with van der Waals surface area (Å²) in [5.41, 5.74) is 5.35. The quantitative estimate of drug-likeness (QED) is 0.572. The van der Waals surface area contributed by atoms with E-state index in [0.717, 1.165) is 0 Å². The van der Waals surface area contributed by atoms with Gasteiger partial charge in [0.05, 0.1) is 6.61 Å². The molecule has 68 valence electrons. The van der Waals surface area contributed by atoms with E-state index >= 15 is 0 Å². The summed E-state index contributed by atoms with van der Waals surface area (Å²) < 4.78 is 0. The average Bonchev–Trinajstić information content (AvgIpc) is 1.99. The molecule has 0 spiro atoms. The molecular formula is C5H8Cl2N4O. The van der Waals surface area contributed by atoms with Crippen LogP contribution in [-0.4, -0.2) is 28.7 Å². The summed E-state index contributed by atoms with van der Waals surface area (Å²) in [6.07, 6.45) is 1.47. The number of hydrogen-bond acceptors (Lipinski definition) is 5. The summed E-state index contributed by atoms with van der Waals surface area (Å²) in [6.45, 7) is 0.373. The van der Waals surface area contributed by atoms with Crippen molar-refractivity contribution >= 4 is 28.4 Å². The van der Waals surface area contributed by atoms with Crippen LogP contribution >= 0.6 is 23.2 Å². The predicted molar refractivity (Wildman–Crippen MR) is 47.3 cm³/mol. The number of aliphatic hydroxyl groups is 1. The van der Waals surface area contributed by atoms with Gasteiger partial charge in [-0.2, -0.15) is 5.43 Å². The van der Waals surface area contributed by atoms with E-state index < -0.39 is 0 Å². The van der Waals surface area contributed by atoms with Gasteiger partial charge in [0.15, 0.2) is 5.17 Å². The topological polar surface area (TPSA) is 59.9 Å². The highest BCUT2D eigenvalue weighted by Gasteiger charge is 2.08. The Balaban J connectivity index is 2.44. The fourth-order valence-corrected chi connectivity index (χ4v) is 1.04. The summed E-state index contributed by atoms with van der Waals surface area (Å²) in [4.78, 5) is 0. The molecule has 0 radical (unpaired) electrons. The number of hydrazone groups is 1. The first-order valence-electron chi connectivity index (χ1n) is 3.25. The first kappa shape index (κ1) is 9.60. The minimum atomic E-state index is 0.00660. The molecule has 12 heavy (non-hydrogen) atoms. The van der Waals surface area contributed by atoms with E-state index in [1.54, 1.807) is 0 Å². The van der Waals surface area contributed by atoms with E-state index in [1.807, 2.05) is 0 Å². The maximum atomic E-state index is 8.48. The van der Waals surface area contributed by atoms with Crippen LogP contribution in [0.25, 0.3) is 0 Å². The zero-order valence-corrected chi connectivity index (χ0v) is 7.60. The molecule has 0 aromatic heterocycles. The average molecular weight is 211 g/mol. The predicted octanol–water partition coefficient (Wildman–Crippen LogP) is -0.0640. The lowest BCUT2D eigenvalue weighted by Gasteiger charge is -2.23. The van der Waals surface area contributed by atoms with Crippen LogP contribution in [0.3, 0.4) is 0 Å². The third-order valence-electron chi connectivity index (χ3n) is 1.03. The van der Waals surface area contributed by atoms with Crippen LogP contribution in [0.2, 0.25) is 0 Å². The highest BCUT2D eigenvalue weighted by molar-refractivity contribution is 6.69. The molecule has 0 aromatic carbocycles. The summed E-state index contributed by atoms with van der Waals surface area (Å²) in [6, 6.07) is 0. The Kier molecular flexibility index (Phi) is 3.61.